The van der Waals surface area contributed by atoms with E-state index in [-0.39, 0.29) is 29.8 Å². The SMILES string of the molecule is COc1nc(OC)nc(N2CCN(c3sc(C4CCNCC4)nc3C(=O)c3nc(C4CCNCC4)sc3N3CCN(c4nc(OC)nc(OC)n4)CC3)CC2)n1. The Balaban J connectivity index is 1.08. The van der Waals surface area contributed by atoms with Gasteiger partial charge in [0.2, 0.25) is 17.7 Å². The number of aromatic nitrogens is 8. The van der Waals surface area contributed by atoms with Crippen LogP contribution >= 0.6 is 22.7 Å². The lowest BCUT2D eigenvalue weighted by molar-refractivity contribution is 0.103. The molecule has 0 spiro atoms. The fraction of sp³-hybridized carbons (Fsp3) is 0.629. The van der Waals surface area contributed by atoms with Crippen molar-refractivity contribution in [3.8, 4) is 24.0 Å². The van der Waals surface area contributed by atoms with Gasteiger partial charge < -0.3 is 49.2 Å². The fourth-order valence-electron chi connectivity index (χ4n) is 7.50. The molecule has 0 saturated carbocycles. The lowest BCUT2D eigenvalue weighted by Gasteiger charge is -2.36. The number of piperidine rings is 2. The van der Waals surface area contributed by atoms with Crippen molar-refractivity contribution in [3.05, 3.63) is 21.4 Å². The van der Waals surface area contributed by atoms with Gasteiger partial charge in [0.05, 0.1) is 38.5 Å². The van der Waals surface area contributed by atoms with Gasteiger partial charge in [-0.15, -0.1) is 32.6 Å². The predicted molar refractivity (Wildman–Crippen MR) is 212 cm³/mol. The third kappa shape index (κ3) is 8.07. The van der Waals surface area contributed by atoms with Crippen LogP contribution in [0.5, 0.6) is 24.0 Å². The van der Waals surface area contributed by atoms with E-state index in [9.17, 15) is 0 Å². The van der Waals surface area contributed by atoms with Crippen molar-refractivity contribution in [3.63, 3.8) is 0 Å². The molecule has 4 aliphatic heterocycles. The van der Waals surface area contributed by atoms with Gasteiger partial charge in [0.1, 0.15) is 21.4 Å². The summed E-state index contributed by atoms with van der Waals surface area (Å²) < 4.78 is 21.2. The van der Waals surface area contributed by atoms with Crippen LogP contribution in [-0.2, 0) is 0 Å². The van der Waals surface area contributed by atoms with E-state index < -0.39 is 0 Å². The van der Waals surface area contributed by atoms with Crippen LogP contribution in [0.25, 0.3) is 0 Å². The molecule has 300 valence electrons. The topological polar surface area (TPSA) is 194 Å². The minimum atomic E-state index is -0.119. The van der Waals surface area contributed by atoms with Crippen molar-refractivity contribution in [2.45, 2.75) is 37.5 Å². The zero-order chi connectivity index (χ0) is 38.6. The molecule has 4 aliphatic rings. The predicted octanol–water partition coefficient (Wildman–Crippen LogP) is 1.82. The molecule has 56 heavy (non-hydrogen) atoms. The van der Waals surface area contributed by atoms with Crippen molar-refractivity contribution in [1.29, 1.82) is 0 Å². The van der Waals surface area contributed by atoms with Crippen LogP contribution in [0.1, 0.15) is 63.7 Å². The van der Waals surface area contributed by atoms with Crippen LogP contribution in [-0.4, -0.2) is 153 Å². The largest absolute Gasteiger partial charge is 0.467 e. The standard InChI is InChI=1S/C35H48N14O5S2/c1-51-32-40-30(41-33(44-32)52-2)48-17-13-46(14-18-48)28-23(38-26(55-28)21-5-9-36-10-6-21)25(50)24-29(56-27(39-24)22-7-11-37-12-8-22)47-15-19-49(20-16-47)31-42-34(53-3)45-35(43-31)54-4/h21-22,36-37H,5-20H2,1-4H3. The molecule has 4 aromatic heterocycles. The molecule has 0 amide bonds. The van der Waals surface area contributed by atoms with E-state index in [1.54, 1.807) is 22.7 Å². The summed E-state index contributed by atoms with van der Waals surface area (Å²) in [6, 6.07) is 0.803. The Morgan fingerprint density at radius 2 is 0.821 bits per heavy atom. The van der Waals surface area contributed by atoms with Gasteiger partial charge in [-0.25, -0.2) is 9.97 Å². The Morgan fingerprint density at radius 1 is 0.500 bits per heavy atom. The van der Waals surface area contributed by atoms with Crippen LogP contribution in [0.2, 0.25) is 0 Å². The summed E-state index contributed by atoms with van der Waals surface area (Å²) in [5, 5.41) is 10.8. The number of hydrogen-bond donors (Lipinski definition) is 2. The summed E-state index contributed by atoms with van der Waals surface area (Å²) in [5.41, 5.74) is 0.985. The molecule has 0 atom stereocenters. The first-order valence-electron chi connectivity index (χ1n) is 19.1. The Kier molecular flexibility index (Phi) is 11.7. The van der Waals surface area contributed by atoms with Crippen LogP contribution in [0.15, 0.2) is 0 Å². The van der Waals surface area contributed by atoms with Crippen molar-refractivity contribution >= 4 is 50.4 Å². The van der Waals surface area contributed by atoms with Crippen molar-refractivity contribution in [2.75, 3.05) is 127 Å². The molecule has 8 rings (SSSR count). The first-order chi connectivity index (χ1) is 27.4. The van der Waals surface area contributed by atoms with Gasteiger partial charge >= 0.3 is 24.0 Å². The molecule has 0 unspecified atom stereocenters. The number of methoxy groups -OCH3 is 4. The second kappa shape index (κ2) is 17.2. The summed E-state index contributed by atoms with van der Waals surface area (Å²) in [6.45, 7) is 8.91. The minimum absolute atomic E-state index is 0.119. The zero-order valence-electron chi connectivity index (χ0n) is 32.2. The van der Waals surface area contributed by atoms with Crippen LogP contribution in [0.3, 0.4) is 0 Å². The monoisotopic (exact) mass is 808 g/mol. The van der Waals surface area contributed by atoms with E-state index in [1.165, 1.54) is 28.4 Å². The van der Waals surface area contributed by atoms with Crippen LogP contribution < -0.4 is 49.2 Å². The first-order valence-corrected chi connectivity index (χ1v) is 20.7. The summed E-state index contributed by atoms with van der Waals surface area (Å²) in [7, 11) is 6.09. The van der Waals surface area contributed by atoms with Gasteiger partial charge in [0, 0.05) is 64.2 Å². The van der Waals surface area contributed by atoms with E-state index in [4.69, 9.17) is 28.9 Å². The number of nitrogens with zero attached hydrogens (tertiary/aromatic N) is 12. The number of ketones is 1. The molecule has 4 aromatic rings. The van der Waals surface area contributed by atoms with Gasteiger partial charge in [0.15, 0.2) is 0 Å². The number of piperazine rings is 2. The maximum atomic E-state index is 15.1. The number of rotatable bonds is 12. The van der Waals surface area contributed by atoms with Crippen molar-refractivity contribution in [1.82, 2.24) is 50.5 Å². The van der Waals surface area contributed by atoms with Gasteiger partial charge in [-0.1, -0.05) is 0 Å². The van der Waals surface area contributed by atoms with E-state index in [1.807, 2.05) is 0 Å². The van der Waals surface area contributed by atoms with Gasteiger partial charge in [-0.05, 0) is 51.9 Å². The van der Waals surface area contributed by atoms with E-state index in [2.05, 4.69) is 60.1 Å². The van der Waals surface area contributed by atoms with Crippen molar-refractivity contribution < 1.29 is 23.7 Å². The number of ether oxygens (including phenoxy) is 4. The number of nitrogens with one attached hydrogen (secondary N) is 2. The summed E-state index contributed by atoms with van der Waals surface area (Å²) in [4.78, 5) is 60.5. The molecular formula is C35H48N14O5S2. The first kappa shape index (κ1) is 38.2. The number of thiazole rings is 2. The molecule has 19 nitrogen and oxygen atoms in total. The molecule has 0 aliphatic carbocycles. The van der Waals surface area contributed by atoms with Gasteiger partial charge in [0.25, 0.3) is 0 Å². The second-order valence-electron chi connectivity index (χ2n) is 14.0. The Labute approximate surface area is 333 Å². The molecular weight excluding hydrogens is 761 g/mol. The average molecular weight is 809 g/mol. The molecule has 2 N–H and O–H groups in total. The fourth-order valence-corrected chi connectivity index (χ4v) is 10.1. The summed E-state index contributed by atoms with van der Waals surface area (Å²) >= 11 is 3.32. The molecule has 21 heteroatoms. The number of carbonyl (C=O) groups excluding carboxylic acids is 1. The average Bonchev–Trinajstić information content (AvgIpc) is 3.93. The Bertz CT molecular complexity index is 1790. The maximum Gasteiger partial charge on any atom is 0.324 e. The Morgan fingerprint density at radius 3 is 1.14 bits per heavy atom. The second-order valence-corrected chi connectivity index (χ2v) is 16.0. The summed E-state index contributed by atoms with van der Waals surface area (Å²) in [6.07, 6.45) is 3.95. The van der Waals surface area contributed by atoms with Gasteiger partial charge in [-0.2, -0.15) is 19.9 Å². The van der Waals surface area contributed by atoms with Crippen LogP contribution in [0.4, 0.5) is 21.9 Å². The van der Waals surface area contributed by atoms with Crippen LogP contribution in [0, 0.1) is 0 Å². The van der Waals surface area contributed by atoms with Gasteiger partial charge in [-0.3, -0.25) is 4.79 Å². The molecule has 0 bridgehead atoms. The highest BCUT2D eigenvalue weighted by Gasteiger charge is 2.35. The third-order valence-electron chi connectivity index (χ3n) is 10.7. The van der Waals surface area contributed by atoms with E-state index >= 15 is 4.79 Å². The smallest absolute Gasteiger partial charge is 0.324 e. The highest BCUT2D eigenvalue weighted by Crippen LogP contribution is 2.42. The normalized spacial score (nSPS) is 18.6. The molecule has 8 heterocycles. The Hall–Kier alpha value is -4.73. The minimum Gasteiger partial charge on any atom is -0.467 e. The molecule has 4 fully saturated rings. The van der Waals surface area contributed by atoms with E-state index in [0.717, 1.165) is 71.9 Å². The van der Waals surface area contributed by atoms with E-state index in [0.29, 0.717) is 87.5 Å². The lowest BCUT2D eigenvalue weighted by atomic mass is 9.99. The molecule has 4 saturated heterocycles. The molecule has 0 aromatic carbocycles. The number of carbonyl (C=O) groups is 1. The summed E-state index contributed by atoms with van der Waals surface area (Å²) in [5.74, 6) is 1.47. The number of hydrogen-bond acceptors (Lipinski definition) is 21. The zero-order valence-corrected chi connectivity index (χ0v) is 33.8. The number of anilines is 4. The highest BCUT2D eigenvalue weighted by molar-refractivity contribution is 7.17. The highest BCUT2D eigenvalue weighted by atomic mass is 32.1. The lowest BCUT2D eigenvalue weighted by Crippen LogP contribution is -2.47. The van der Waals surface area contributed by atoms with Crippen molar-refractivity contribution in [2.24, 2.45) is 0 Å². The quantitative estimate of drug-likeness (QED) is 0.197. The molecule has 0 radical (unpaired) electrons. The third-order valence-corrected chi connectivity index (χ3v) is 13.2. The maximum absolute atomic E-state index is 15.1.